The van der Waals surface area contributed by atoms with Crippen LogP contribution in [0, 0.1) is 0 Å². The van der Waals surface area contributed by atoms with Crippen molar-refractivity contribution in [3.05, 3.63) is 0 Å². The van der Waals surface area contributed by atoms with Crippen molar-refractivity contribution in [2.75, 3.05) is 73.6 Å². The van der Waals surface area contributed by atoms with E-state index >= 15 is 0 Å². The average molecular weight is 354 g/mol. The summed E-state index contributed by atoms with van der Waals surface area (Å²) in [5, 5.41) is 0. The fourth-order valence-corrected chi connectivity index (χ4v) is 1.14. The molecule has 0 aliphatic rings. The molecule has 0 aromatic heterocycles. The number of rotatable bonds is 11. The molecule has 152 valence electrons. The summed E-state index contributed by atoms with van der Waals surface area (Å²) in [6.07, 6.45) is 5.74. The minimum absolute atomic E-state index is 0.622. The smallest absolute Gasteiger partial charge is 0.0584 e. The van der Waals surface area contributed by atoms with E-state index in [0.717, 1.165) is 58.5 Å². The van der Waals surface area contributed by atoms with Crippen LogP contribution in [0.15, 0.2) is 0 Å². The average Bonchev–Trinajstić information content (AvgIpc) is 2.55. The van der Waals surface area contributed by atoms with Crippen LogP contribution in [-0.4, -0.2) is 78.5 Å². The Morgan fingerprint density at radius 3 is 1.08 bits per heavy atom. The first-order chi connectivity index (χ1) is 11.5. The molecule has 0 fully saturated rings. The second-order valence-corrected chi connectivity index (χ2v) is 5.30. The standard InChI is InChI=1S/C6H16N2.C4H12N2.C3H10N2.C3H9NO/c7-5-3-1-2-4-6-8;1-6(2)4-3-5;4-2-1-3-5;1-5-3-2-4/h1-8H2;3-5H2,1-2H3;1-5H2;2-4H2,1H3. The van der Waals surface area contributed by atoms with Gasteiger partial charge >= 0.3 is 0 Å². The lowest BCUT2D eigenvalue weighted by molar-refractivity contribution is 0.207. The molecule has 0 saturated heterocycles. The van der Waals surface area contributed by atoms with Crippen molar-refractivity contribution in [1.82, 2.24) is 4.90 Å². The summed E-state index contributed by atoms with van der Waals surface area (Å²) in [5.41, 5.74) is 30.9. The molecule has 0 radical (unpaired) electrons. The zero-order chi connectivity index (χ0) is 19.5. The van der Waals surface area contributed by atoms with Gasteiger partial charge < -0.3 is 44.0 Å². The lowest BCUT2D eigenvalue weighted by Crippen LogP contribution is -2.20. The first-order valence-electron chi connectivity index (χ1n) is 8.86. The fourth-order valence-electron chi connectivity index (χ4n) is 1.14. The molecule has 0 heterocycles. The Hall–Kier alpha value is -0.320. The van der Waals surface area contributed by atoms with Crippen LogP contribution in [0.2, 0.25) is 0 Å². The zero-order valence-corrected chi connectivity index (χ0v) is 16.5. The number of nitrogens with zero attached hydrogens (tertiary/aromatic N) is 1. The van der Waals surface area contributed by atoms with Crippen molar-refractivity contribution in [3.63, 3.8) is 0 Å². The summed E-state index contributed by atoms with van der Waals surface area (Å²) in [4.78, 5) is 2.06. The molecule has 12 N–H and O–H groups in total. The minimum Gasteiger partial charge on any atom is -0.383 e. The Morgan fingerprint density at radius 2 is 1.00 bits per heavy atom. The SMILES string of the molecule is CN(C)CCN.COCCN.NCCCCCCN.NCCCN. The number of likely N-dealkylation sites (N-methyl/N-ethyl adjacent to an activating group) is 1. The molecule has 8 nitrogen and oxygen atoms in total. The zero-order valence-electron chi connectivity index (χ0n) is 16.5. The maximum atomic E-state index is 5.28. The van der Waals surface area contributed by atoms with Crippen LogP contribution in [-0.2, 0) is 4.74 Å². The molecule has 0 saturated carbocycles. The summed E-state index contributed by atoms with van der Waals surface area (Å²) in [5.74, 6) is 0. The quantitative estimate of drug-likeness (QED) is 0.253. The lowest BCUT2D eigenvalue weighted by Gasteiger charge is -2.03. The molecule has 0 unspecified atom stereocenters. The van der Waals surface area contributed by atoms with Crippen LogP contribution >= 0.6 is 0 Å². The van der Waals surface area contributed by atoms with Gasteiger partial charge in [0, 0.05) is 26.7 Å². The van der Waals surface area contributed by atoms with Gasteiger partial charge in [-0.1, -0.05) is 12.8 Å². The minimum atomic E-state index is 0.622. The van der Waals surface area contributed by atoms with Gasteiger partial charge in [0.05, 0.1) is 6.61 Å². The van der Waals surface area contributed by atoms with Crippen LogP contribution in [0.1, 0.15) is 32.1 Å². The molecular formula is C16H47N7O. The van der Waals surface area contributed by atoms with E-state index in [0.29, 0.717) is 13.2 Å². The van der Waals surface area contributed by atoms with Crippen LogP contribution in [0.5, 0.6) is 0 Å². The molecule has 24 heavy (non-hydrogen) atoms. The highest BCUT2D eigenvalue weighted by molar-refractivity contribution is 4.43. The van der Waals surface area contributed by atoms with E-state index in [1.165, 1.54) is 12.8 Å². The second-order valence-electron chi connectivity index (χ2n) is 5.30. The molecule has 0 rings (SSSR count). The number of hydrogen-bond donors (Lipinski definition) is 6. The Balaban J connectivity index is -0.000000114. The molecule has 0 aliphatic carbocycles. The third-order valence-electron chi connectivity index (χ3n) is 2.46. The van der Waals surface area contributed by atoms with Crippen LogP contribution in [0.4, 0.5) is 0 Å². The number of ether oxygens (including phenoxy) is 1. The molecule has 0 aromatic rings. The topological polar surface area (TPSA) is 169 Å². The highest BCUT2D eigenvalue weighted by Gasteiger charge is 1.83. The lowest BCUT2D eigenvalue weighted by atomic mass is 10.2. The third kappa shape index (κ3) is 68.0. The van der Waals surface area contributed by atoms with Gasteiger partial charge in [-0.15, -0.1) is 0 Å². The molecule has 0 bridgehead atoms. The molecule has 0 atom stereocenters. The van der Waals surface area contributed by atoms with Gasteiger partial charge in [-0.25, -0.2) is 0 Å². The van der Waals surface area contributed by atoms with Crippen molar-refractivity contribution < 1.29 is 4.74 Å². The van der Waals surface area contributed by atoms with Crippen molar-refractivity contribution in [2.45, 2.75) is 32.1 Å². The molecule has 0 spiro atoms. The van der Waals surface area contributed by atoms with Crippen molar-refractivity contribution in [1.29, 1.82) is 0 Å². The Kier molecular flexibility index (Phi) is 50.2. The van der Waals surface area contributed by atoms with E-state index in [9.17, 15) is 0 Å². The molecule has 0 amide bonds. The van der Waals surface area contributed by atoms with Crippen molar-refractivity contribution in [2.24, 2.45) is 34.4 Å². The second kappa shape index (κ2) is 38.3. The van der Waals surface area contributed by atoms with E-state index in [2.05, 4.69) is 9.64 Å². The normalized spacial score (nSPS) is 9.25. The molecule has 8 heteroatoms. The predicted molar refractivity (Wildman–Crippen MR) is 108 cm³/mol. The van der Waals surface area contributed by atoms with Crippen molar-refractivity contribution >= 4 is 0 Å². The van der Waals surface area contributed by atoms with E-state index < -0.39 is 0 Å². The predicted octanol–water partition coefficient (Wildman–Crippen LogP) is -1.14. The van der Waals surface area contributed by atoms with E-state index in [1.54, 1.807) is 7.11 Å². The third-order valence-corrected chi connectivity index (χ3v) is 2.46. The maximum absolute atomic E-state index is 5.28. The number of methoxy groups -OCH3 is 1. The van der Waals surface area contributed by atoms with Gasteiger partial charge in [-0.2, -0.15) is 0 Å². The summed E-state index contributed by atoms with van der Waals surface area (Å²) >= 11 is 0. The molecule has 0 aliphatic heterocycles. The van der Waals surface area contributed by atoms with Gasteiger partial charge in [0.15, 0.2) is 0 Å². The largest absolute Gasteiger partial charge is 0.383 e. The van der Waals surface area contributed by atoms with E-state index in [1.807, 2.05) is 14.1 Å². The van der Waals surface area contributed by atoms with E-state index in [-0.39, 0.29) is 0 Å². The van der Waals surface area contributed by atoms with Gasteiger partial charge in [-0.05, 0) is 59.5 Å². The van der Waals surface area contributed by atoms with Gasteiger partial charge in [0.2, 0.25) is 0 Å². The first-order valence-corrected chi connectivity index (χ1v) is 8.86. The summed E-state index contributed by atoms with van der Waals surface area (Å²) in [6, 6.07) is 0. The Labute approximate surface area is 150 Å². The van der Waals surface area contributed by atoms with Crippen LogP contribution in [0.25, 0.3) is 0 Å². The van der Waals surface area contributed by atoms with Crippen molar-refractivity contribution in [3.8, 4) is 0 Å². The van der Waals surface area contributed by atoms with Gasteiger partial charge in [-0.3, -0.25) is 0 Å². The summed E-state index contributed by atoms with van der Waals surface area (Å²) in [7, 11) is 5.65. The molecular weight excluding hydrogens is 306 g/mol. The molecule has 0 aromatic carbocycles. The summed E-state index contributed by atoms with van der Waals surface area (Å²) < 4.78 is 4.57. The Morgan fingerprint density at radius 1 is 0.583 bits per heavy atom. The Bertz CT molecular complexity index is 147. The maximum Gasteiger partial charge on any atom is 0.0584 e. The van der Waals surface area contributed by atoms with Crippen LogP contribution < -0.4 is 34.4 Å². The summed E-state index contributed by atoms with van der Waals surface area (Å²) in [6.45, 7) is 6.12. The van der Waals surface area contributed by atoms with Crippen LogP contribution in [0.3, 0.4) is 0 Å². The number of unbranched alkanes of at least 4 members (excludes halogenated alkanes) is 3. The number of hydrogen-bond acceptors (Lipinski definition) is 8. The van der Waals surface area contributed by atoms with Gasteiger partial charge in [0.25, 0.3) is 0 Å². The highest BCUT2D eigenvalue weighted by Crippen LogP contribution is 1.95. The van der Waals surface area contributed by atoms with E-state index in [4.69, 9.17) is 34.4 Å². The monoisotopic (exact) mass is 353 g/mol. The first kappa shape index (κ1) is 31.4. The highest BCUT2D eigenvalue weighted by atomic mass is 16.5. The van der Waals surface area contributed by atoms with Gasteiger partial charge in [0.1, 0.15) is 0 Å². The fraction of sp³-hybridized carbons (Fsp3) is 1.00. The number of nitrogens with two attached hydrogens (primary N) is 6.